The van der Waals surface area contributed by atoms with Gasteiger partial charge >= 0.3 is 0 Å². The highest BCUT2D eigenvalue weighted by Gasteiger charge is 2.10. The maximum absolute atomic E-state index is 6.20. The molecule has 2 aromatic rings. The second kappa shape index (κ2) is 7.97. The predicted octanol–water partition coefficient (Wildman–Crippen LogP) is 5.18. The van der Waals surface area contributed by atoms with E-state index in [0.29, 0.717) is 28.9 Å². The molecule has 0 atom stereocenters. The summed E-state index contributed by atoms with van der Waals surface area (Å²) in [6.07, 6.45) is 1.67. The molecule has 22 heavy (non-hydrogen) atoms. The standard InChI is InChI=1S/C17H17Cl2NO2/c1-3-8-22-17-12(9-13(18)10-16(17)19)11-20-14-4-6-15(21-2)7-5-14/h3-7,9-10,20H,1,8,11H2,2H3. The van der Waals surface area contributed by atoms with Crippen LogP contribution in [0.4, 0.5) is 5.69 Å². The van der Waals surface area contributed by atoms with E-state index in [-0.39, 0.29) is 0 Å². The average Bonchev–Trinajstić information content (AvgIpc) is 2.52. The summed E-state index contributed by atoms with van der Waals surface area (Å²) in [7, 11) is 1.64. The molecule has 0 aliphatic rings. The van der Waals surface area contributed by atoms with Gasteiger partial charge in [-0.25, -0.2) is 0 Å². The second-order valence-corrected chi connectivity index (χ2v) is 5.40. The van der Waals surface area contributed by atoms with Gasteiger partial charge in [-0.1, -0.05) is 35.9 Å². The van der Waals surface area contributed by atoms with Crippen LogP contribution in [0, 0.1) is 0 Å². The van der Waals surface area contributed by atoms with Crippen LogP contribution in [-0.4, -0.2) is 13.7 Å². The summed E-state index contributed by atoms with van der Waals surface area (Å²) in [6, 6.07) is 11.2. The summed E-state index contributed by atoms with van der Waals surface area (Å²) in [4.78, 5) is 0. The van der Waals surface area contributed by atoms with E-state index in [4.69, 9.17) is 32.7 Å². The SMILES string of the molecule is C=CCOc1c(Cl)cc(Cl)cc1CNc1ccc(OC)cc1. The van der Waals surface area contributed by atoms with E-state index in [9.17, 15) is 0 Å². The number of methoxy groups -OCH3 is 1. The molecule has 0 aliphatic heterocycles. The highest BCUT2D eigenvalue weighted by Crippen LogP contribution is 2.33. The normalized spacial score (nSPS) is 10.1. The molecule has 0 aliphatic carbocycles. The molecule has 1 N–H and O–H groups in total. The minimum Gasteiger partial charge on any atom is -0.497 e. The Bertz CT molecular complexity index is 642. The van der Waals surface area contributed by atoms with Crippen molar-refractivity contribution in [1.29, 1.82) is 0 Å². The zero-order valence-electron chi connectivity index (χ0n) is 12.2. The van der Waals surface area contributed by atoms with Gasteiger partial charge in [0.1, 0.15) is 18.1 Å². The smallest absolute Gasteiger partial charge is 0.143 e. The summed E-state index contributed by atoms with van der Waals surface area (Å²) >= 11 is 12.3. The first-order valence-electron chi connectivity index (χ1n) is 6.73. The van der Waals surface area contributed by atoms with Crippen molar-refractivity contribution in [2.24, 2.45) is 0 Å². The molecule has 2 aromatic carbocycles. The lowest BCUT2D eigenvalue weighted by atomic mass is 10.2. The predicted molar refractivity (Wildman–Crippen MR) is 92.5 cm³/mol. The molecule has 0 unspecified atom stereocenters. The second-order valence-electron chi connectivity index (χ2n) is 4.56. The molecular weight excluding hydrogens is 321 g/mol. The highest BCUT2D eigenvalue weighted by atomic mass is 35.5. The van der Waals surface area contributed by atoms with Crippen LogP contribution in [0.5, 0.6) is 11.5 Å². The van der Waals surface area contributed by atoms with Gasteiger partial charge in [-0.05, 0) is 36.4 Å². The van der Waals surface area contributed by atoms with Crippen molar-refractivity contribution in [3.8, 4) is 11.5 Å². The Labute approximate surface area is 140 Å². The van der Waals surface area contributed by atoms with Crippen molar-refractivity contribution in [3.63, 3.8) is 0 Å². The summed E-state index contributed by atoms with van der Waals surface area (Å²) in [5.41, 5.74) is 1.85. The summed E-state index contributed by atoms with van der Waals surface area (Å²) in [5.74, 6) is 1.43. The van der Waals surface area contributed by atoms with Gasteiger partial charge in [0, 0.05) is 22.8 Å². The zero-order chi connectivity index (χ0) is 15.9. The fourth-order valence-corrected chi connectivity index (χ4v) is 2.55. The van der Waals surface area contributed by atoms with Gasteiger partial charge in [0.15, 0.2) is 0 Å². The lowest BCUT2D eigenvalue weighted by Gasteiger charge is -2.14. The third kappa shape index (κ3) is 4.33. The minimum absolute atomic E-state index is 0.386. The molecule has 5 heteroatoms. The van der Waals surface area contributed by atoms with Gasteiger partial charge in [-0.15, -0.1) is 0 Å². The lowest BCUT2D eigenvalue weighted by Crippen LogP contribution is -2.04. The molecule has 0 saturated carbocycles. The number of rotatable bonds is 7. The van der Waals surface area contributed by atoms with E-state index < -0.39 is 0 Å². The monoisotopic (exact) mass is 337 g/mol. The van der Waals surface area contributed by atoms with Crippen LogP contribution in [0.25, 0.3) is 0 Å². The number of nitrogens with one attached hydrogen (secondary N) is 1. The molecule has 0 heterocycles. The molecule has 0 radical (unpaired) electrons. The molecule has 116 valence electrons. The van der Waals surface area contributed by atoms with Gasteiger partial charge in [0.05, 0.1) is 12.1 Å². The number of halogens is 2. The van der Waals surface area contributed by atoms with Crippen molar-refractivity contribution >= 4 is 28.9 Å². The lowest BCUT2D eigenvalue weighted by molar-refractivity contribution is 0.360. The molecule has 3 nitrogen and oxygen atoms in total. The first-order chi connectivity index (χ1) is 10.6. The molecule has 0 amide bonds. The van der Waals surface area contributed by atoms with E-state index in [1.807, 2.05) is 30.3 Å². The third-order valence-corrected chi connectivity index (χ3v) is 3.50. The summed E-state index contributed by atoms with van der Waals surface area (Å²) in [5, 5.41) is 4.36. The Morgan fingerprint density at radius 1 is 1.18 bits per heavy atom. The molecule has 0 fully saturated rings. The number of benzene rings is 2. The fraction of sp³-hybridized carbons (Fsp3) is 0.176. The Hall–Kier alpha value is -1.84. The first kappa shape index (κ1) is 16.5. The molecule has 0 aromatic heterocycles. The van der Waals surface area contributed by atoms with Gasteiger partial charge in [0.25, 0.3) is 0 Å². The van der Waals surface area contributed by atoms with Crippen molar-refractivity contribution in [2.45, 2.75) is 6.54 Å². The zero-order valence-corrected chi connectivity index (χ0v) is 13.7. The largest absolute Gasteiger partial charge is 0.497 e. The van der Waals surface area contributed by atoms with Gasteiger partial charge in [-0.3, -0.25) is 0 Å². The quantitative estimate of drug-likeness (QED) is 0.706. The van der Waals surface area contributed by atoms with Crippen LogP contribution in [0.1, 0.15) is 5.56 Å². The van der Waals surface area contributed by atoms with Crippen molar-refractivity contribution < 1.29 is 9.47 Å². The number of hydrogen-bond acceptors (Lipinski definition) is 3. The molecular formula is C17H17Cl2NO2. The van der Waals surface area contributed by atoms with E-state index in [2.05, 4.69) is 11.9 Å². The fourth-order valence-electron chi connectivity index (χ4n) is 1.96. The molecule has 0 spiro atoms. The Balaban J connectivity index is 2.14. The van der Waals surface area contributed by atoms with Crippen LogP contribution in [0.15, 0.2) is 49.1 Å². The maximum atomic E-state index is 6.20. The maximum Gasteiger partial charge on any atom is 0.143 e. The van der Waals surface area contributed by atoms with E-state index in [1.54, 1.807) is 19.3 Å². The van der Waals surface area contributed by atoms with Crippen molar-refractivity contribution in [1.82, 2.24) is 0 Å². The summed E-state index contributed by atoms with van der Waals surface area (Å²) < 4.78 is 10.8. The summed E-state index contributed by atoms with van der Waals surface area (Å²) in [6.45, 7) is 4.57. The third-order valence-electron chi connectivity index (χ3n) is 3.00. The van der Waals surface area contributed by atoms with Crippen LogP contribution in [-0.2, 0) is 6.54 Å². The first-order valence-corrected chi connectivity index (χ1v) is 7.49. The Morgan fingerprint density at radius 3 is 2.55 bits per heavy atom. The van der Waals surface area contributed by atoms with Crippen molar-refractivity contribution in [2.75, 3.05) is 19.0 Å². The highest BCUT2D eigenvalue weighted by molar-refractivity contribution is 6.35. The average molecular weight is 338 g/mol. The van der Waals surface area contributed by atoms with E-state index >= 15 is 0 Å². The number of ether oxygens (including phenoxy) is 2. The van der Waals surface area contributed by atoms with Crippen LogP contribution >= 0.6 is 23.2 Å². The Kier molecular flexibility index (Phi) is 5.99. The Morgan fingerprint density at radius 2 is 1.91 bits per heavy atom. The minimum atomic E-state index is 0.386. The molecule has 2 rings (SSSR count). The molecule has 0 saturated heterocycles. The van der Waals surface area contributed by atoms with Crippen molar-refractivity contribution in [3.05, 3.63) is 64.7 Å². The van der Waals surface area contributed by atoms with Gasteiger partial charge in [0.2, 0.25) is 0 Å². The molecule has 0 bridgehead atoms. The topological polar surface area (TPSA) is 30.5 Å². The van der Waals surface area contributed by atoms with Crippen LogP contribution < -0.4 is 14.8 Å². The number of anilines is 1. The number of hydrogen-bond donors (Lipinski definition) is 1. The van der Waals surface area contributed by atoms with E-state index in [1.165, 1.54) is 0 Å². The van der Waals surface area contributed by atoms with Crippen LogP contribution in [0.3, 0.4) is 0 Å². The van der Waals surface area contributed by atoms with Gasteiger partial charge < -0.3 is 14.8 Å². The van der Waals surface area contributed by atoms with Gasteiger partial charge in [-0.2, -0.15) is 0 Å². The van der Waals surface area contributed by atoms with E-state index in [0.717, 1.165) is 17.0 Å². The van der Waals surface area contributed by atoms with Crippen LogP contribution in [0.2, 0.25) is 10.0 Å².